The molecule has 0 aliphatic carbocycles. The van der Waals surface area contributed by atoms with Crippen molar-refractivity contribution >= 4 is 17.3 Å². The summed E-state index contributed by atoms with van der Waals surface area (Å²) in [6.45, 7) is 3.55. The lowest BCUT2D eigenvalue weighted by Gasteiger charge is -2.10. The largest absolute Gasteiger partial charge is 0.461 e. The Morgan fingerprint density at radius 3 is 2.31 bits per heavy atom. The van der Waals surface area contributed by atoms with Gasteiger partial charge < -0.3 is 9.30 Å². The molecule has 0 spiro atoms. The van der Waals surface area contributed by atoms with Crippen LogP contribution in [0.5, 0.6) is 0 Å². The van der Waals surface area contributed by atoms with E-state index in [-0.39, 0.29) is 17.9 Å². The average Bonchev–Trinajstić information content (AvgIpc) is 3.22. The molecule has 3 rings (SSSR count). The van der Waals surface area contributed by atoms with Crippen LogP contribution in [0.2, 0.25) is 0 Å². The molecule has 0 amide bonds. The van der Waals surface area contributed by atoms with E-state index in [1.807, 2.05) is 18.4 Å². The number of hydrogen-bond donors (Lipinski definition) is 0. The summed E-state index contributed by atoms with van der Waals surface area (Å²) in [5.74, 6) is -0.908. The monoisotopic (exact) mass is 418 g/mol. The summed E-state index contributed by atoms with van der Waals surface area (Å²) in [6, 6.07) is 10.4. The third-order valence-corrected chi connectivity index (χ3v) is 5.43. The topological polar surface area (TPSA) is 55.0 Å². The van der Waals surface area contributed by atoms with Crippen LogP contribution >= 0.6 is 11.3 Å². The quantitative estimate of drug-likeness (QED) is 0.504. The molecule has 8 heteroatoms. The van der Waals surface area contributed by atoms with Crippen molar-refractivity contribution in [3.63, 3.8) is 0 Å². The van der Waals surface area contributed by atoms with Crippen LogP contribution in [0.1, 0.15) is 33.5 Å². The van der Waals surface area contributed by atoms with Crippen LogP contribution in [0.15, 0.2) is 35.7 Å². The third kappa shape index (κ3) is 3.66. The molecule has 3 aromatic rings. The molecule has 0 saturated heterocycles. The Labute approximate surface area is 169 Å². The number of esters is 1. The van der Waals surface area contributed by atoms with Gasteiger partial charge in [0, 0.05) is 17.5 Å². The number of nitrogens with zero attached hydrogens (tertiary/aromatic N) is 2. The predicted molar refractivity (Wildman–Crippen MR) is 105 cm³/mol. The Morgan fingerprint density at radius 1 is 1.21 bits per heavy atom. The van der Waals surface area contributed by atoms with E-state index >= 15 is 0 Å². The summed E-state index contributed by atoms with van der Waals surface area (Å²) < 4.78 is 46.5. The van der Waals surface area contributed by atoms with Gasteiger partial charge in [-0.2, -0.15) is 18.4 Å². The SMILES string of the molecule is CCOC(=O)c1c(-c2ccc(-c3ccsc3C)cc2)c(C#N)c(C(F)(F)F)n1C. The molecule has 0 unspecified atom stereocenters. The summed E-state index contributed by atoms with van der Waals surface area (Å²) in [7, 11) is 1.11. The zero-order chi connectivity index (χ0) is 21.3. The fraction of sp³-hybridized carbons (Fsp3) is 0.238. The molecule has 0 aliphatic heterocycles. The van der Waals surface area contributed by atoms with Crippen LogP contribution < -0.4 is 0 Å². The number of nitriles is 1. The summed E-state index contributed by atoms with van der Waals surface area (Å²) in [5, 5.41) is 11.5. The Balaban J connectivity index is 2.24. The Hall–Kier alpha value is -3.05. The highest BCUT2D eigenvalue weighted by Gasteiger charge is 2.42. The molecule has 0 fully saturated rings. The van der Waals surface area contributed by atoms with Gasteiger partial charge in [-0.3, -0.25) is 0 Å². The molecule has 0 saturated carbocycles. The molecule has 2 heterocycles. The molecular weight excluding hydrogens is 401 g/mol. The lowest BCUT2D eigenvalue weighted by Crippen LogP contribution is -2.17. The summed E-state index contributed by atoms with van der Waals surface area (Å²) in [6.07, 6.45) is -4.80. The van der Waals surface area contributed by atoms with Gasteiger partial charge >= 0.3 is 12.1 Å². The minimum atomic E-state index is -4.80. The molecule has 0 aliphatic rings. The van der Waals surface area contributed by atoms with Gasteiger partial charge in [0.05, 0.1) is 12.2 Å². The molecule has 29 heavy (non-hydrogen) atoms. The molecule has 1 aromatic carbocycles. The highest BCUT2D eigenvalue weighted by atomic mass is 32.1. The van der Waals surface area contributed by atoms with Gasteiger partial charge in [-0.15, -0.1) is 11.3 Å². The van der Waals surface area contributed by atoms with Gasteiger partial charge in [-0.25, -0.2) is 4.79 Å². The molecule has 0 N–H and O–H groups in total. The Morgan fingerprint density at radius 2 is 1.83 bits per heavy atom. The number of ether oxygens (including phenoxy) is 1. The lowest BCUT2D eigenvalue weighted by molar-refractivity contribution is -0.143. The van der Waals surface area contributed by atoms with Gasteiger partial charge in [-0.1, -0.05) is 24.3 Å². The molecule has 0 bridgehead atoms. The summed E-state index contributed by atoms with van der Waals surface area (Å²) in [5.41, 5.74) is 0.127. The number of carbonyl (C=O) groups is 1. The van der Waals surface area contributed by atoms with Crippen LogP contribution in [0.4, 0.5) is 13.2 Å². The standard InChI is InChI=1S/C21H17F3N2O2S/c1-4-28-20(27)18-17(16(11-25)19(26(18)3)21(22,23)24)14-7-5-13(6-8-14)15-9-10-29-12(15)2/h5-10H,4H2,1-3H3. The van der Waals surface area contributed by atoms with Crippen molar-refractivity contribution in [2.75, 3.05) is 6.61 Å². The van der Waals surface area contributed by atoms with Crippen LogP contribution in [0.25, 0.3) is 22.3 Å². The second kappa shape index (κ2) is 7.76. The fourth-order valence-electron chi connectivity index (χ4n) is 3.35. The lowest BCUT2D eigenvalue weighted by atomic mass is 9.97. The Bertz CT molecular complexity index is 1100. The number of alkyl halides is 3. The van der Waals surface area contributed by atoms with Crippen molar-refractivity contribution in [2.24, 2.45) is 7.05 Å². The number of aryl methyl sites for hydroxylation is 1. The van der Waals surface area contributed by atoms with E-state index in [0.717, 1.165) is 23.1 Å². The first-order valence-electron chi connectivity index (χ1n) is 8.72. The molecule has 4 nitrogen and oxygen atoms in total. The van der Waals surface area contributed by atoms with E-state index < -0.39 is 23.4 Å². The van der Waals surface area contributed by atoms with Crippen LogP contribution in [-0.4, -0.2) is 17.1 Å². The molecule has 0 radical (unpaired) electrons. The maximum Gasteiger partial charge on any atom is 0.432 e. The van der Waals surface area contributed by atoms with Crippen molar-refractivity contribution in [3.05, 3.63) is 57.5 Å². The minimum Gasteiger partial charge on any atom is -0.461 e. The number of halogens is 3. The highest BCUT2D eigenvalue weighted by Crippen LogP contribution is 2.41. The number of aromatic nitrogens is 1. The van der Waals surface area contributed by atoms with E-state index in [0.29, 0.717) is 10.1 Å². The van der Waals surface area contributed by atoms with Crippen molar-refractivity contribution in [1.82, 2.24) is 4.57 Å². The average molecular weight is 418 g/mol. The summed E-state index contributed by atoms with van der Waals surface area (Å²) in [4.78, 5) is 13.6. The summed E-state index contributed by atoms with van der Waals surface area (Å²) >= 11 is 1.59. The third-order valence-electron chi connectivity index (χ3n) is 4.59. The first-order chi connectivity index (χ1) is 13.7. The fourth-order valence-corrected chi connectivity index (χ4v) is 4.07. The smallest absolute Gasteiger partial charge is 0.432 e. The number of thiophene rings is 1. The van der Waals surface area contributed by atoms with Crippen molar-refractivity contribution < 1.29 is 22.7 Å². The number of rotatable bonds is 4. The van der Waals surface area contributed by atoms with Gasteiger partial charge in [-0.05, 0) is 42.0 Å². The van der Waals surface area contributed by atoms with Crippen molar-refractivity contribution in [3.8, 4) is 28.3 Å². The van der Waals surface area contributed by atoms with Crippen LogP contribution in [-0.2, 0) is 18.0 Å². The van der Waals surface area contributed by atoms with E-state index in [2.05, 4.69) is 0 Å². The first kappa shape index (κ1) is 20.7. The van der Waals surface area contributed by atoms with Crippen molar-refractivity contribution in [2.45, 2.75) is 20.0 Å². The highest BCUT2D eigenvalue weighted by molar-refractivity contribution is 7.10. The van der Waals surface area contributed by atoms with E-state index in [1.165, 1.54) is 0 Å². The second-order valence-electron chi connectivity index (χ2n) is 6.30. The first-order valence-corrected chi connectivity index (χ1v) is 9.60. The van der Waals surface area contributed by atoms with Crippen molar-refractivity contribution in [1.29, 1.82) is 5.26 Å². The second-order valence-corrected chi connectivity index (χ2v) is 7.42. The van der Waals surface area contributed by atoms with Gasteiger partial charge in [0.25, 0.3) is 0 Å². The minimum absolute atomic E-state index is 0.00304. The molecular formula is C21H17F3N2O2S. The van der Waals surface area contributed by atoms with E-state index in [1.54, 1.807) is 48.6 Å². The number of hydrogen-bond acceptors (Lipinski definition) is 4. The van der Waals surface area contributed by atoms with Crippen LogP contribution in [0.3, 0.4) is 0 Å². The van der Waals surface area contributed by atoms with E-state index in [4.69, 9.17) is 4.74 Å². The zero-order valence-corrected chi connectivity index (χ0v) is 16.7. The van der Waals surface area contributed by atoms with Gasteiger partial charge in [0.2, 0.25) is 0 Å². The maximum absolute atomic E-state index is 13.6. The Kier molecular flexibility index (Phi) is 5.53. The van der Waals surface area contributed by atoms with E-state index in [9.17, 15) is 23.2 Å². The number of carbonyl (C=O) groups excluding carboxylic acids is 1. The van der Waals surface area contributed by atoms with Gasteiger partial charge in [0.1, 0.15) is 17.5 Å². The van der Waals surface area contributed by atoms with Crippen LogP contribution in [0, 0.1) is 18.3 Å². The number of benzene rings is 1. The maximum atomic E-state index is 13.6. The zero-order valence-electron chi connectivity index (χ0n) is 15.9. The predicted octanol–water partition coefficient (Wildman–Crippen LogP) is 5.80. The molecule has 150 valence electrons. The van der Waals surface area contributed by atoms with Gasteiger partial charge in [0.15, 0.2) is 0 Å². The molecule has 0 atom stereocenters. The normalized spacial score (nSPS) is 11.3. The molecule has 2 aromatic heterocycles.